The van der Waals surface area contributed by atoms with E-state index in [4.69, 9.17) is 0 Å². The van der Waals surface area contributed by atoms with Crippen LogP contribution >= 0.6 is 0 Å². The Bertz CT molecular complexity index is 969. The van der Waals surface area contributed by atoms with E-state index in [2.05, 4.69) is 15.6 Å². The SMILES string of the molecule is O=C(NCc1ccccn1)c1cc(NCC2CC2)cc(S(=O)(=O)N2CCCC2)c1. The minimum absolute atomic E-state index is 0.170. The average Bonchev–Trinajstić information content (AvgIpc) is 3.40. The Kier molecular flexibility index (Phi) is 5.82. The average molecular weight is 415 g/mol. The first kappa shape index (κ1) is 19.8. The maximum atomic E-state index is 13.0. The number of rotatable bonds is 8. The molecular weight excluding hydrogens is 388 g/mol. The third-order valence-electron chi connectivity index (χ3n) is 5.32. The molecular formula is C21H26N4O3S. The number of hydrogen-bond donors (Lipinski definition) is 2. The summed E-state index contributed by atoms with van der Waals surface area (Å²) in [6.07, 6.45) is 5.80. The van der Waals surface area contributed by atoms with E-state index in [0.29, 0.717) is 30.3 Å². The van der Waals surface area contributed by atoms with Crippen LogP contribution in [-0.2, 0) is 16.6 Å². The smallest absolute Gasteiger partial charge is 0.251 e. The van der Waals surface area contributed by atoms with Gasteiger partial charge >= 0.3 is 0 Å². The summed E-state index contributed by atoms with van der Waals surface area (Å²) in [7, 11) is -3.61. The van der Waals surface area contributed by atoms with Crippen LogP contribution in [0.4, 0.5) is 5.69 Å². The molecule has 1 amide bonds. The molecule has 2 fully saturated rings. The quantitative estimate of drug-likeness (QED) is 0.693. The van der Waals surface area contributed by atoms with E-state index in [-0.39, 0.29) is 17.3 Å². The molecule has 2 N–H and O–H groups in total. The van der Waals surface area contributed by atoms with Gasteiger partial charge in [-0.25, -0.2) is 8.42 Å². The van der Waals surface area contributed by atoms with Crippen molar-refractivity contribution in [3.63, 3.8) is 0 Å². The molecule has 29 heavy (non-hydrogen) atoms. The zero-order chi connectivity index (χ0) is 20.3. The van der Waals surface area contributed by atoms with Gasteiger partial charge in [-0.05, 0) is 61.9 Å². The fraction of sp³-hybridized carbons (Fsp3) is 0.429. The van der Waals surface area contributed by atoms with Crippen LogP contribution in [0.1, 0.15) is 41.7 Å². The number of carbonyl (C=O) groups excluding carboxylic acids is 1. The number of nitrogens with one attached hydrogen (secondary N) is 2. The third-order valence-corrected chi connectivity index (χ3v) is 7.20. The van der Waals surface area contributed by atoms with E-state index in [1.807, 2.05) is 18.2 Å². The molecule has 1 saturated heterocycles. The number of aromatic nitrogens is 1. The minimum atomic E-state index is -3.61. The van der Waals surface area contributed by atoms with E-state index in [0.717, 1.165) is 25.1 Å². The highest BCUT2D eigenvalue weighted by molar-refractivity contribution is 7.89. The van der Waals surface area contributed by atoms with Gasteiger partial charge in [-0.3, -0.25) is 9.78 Å². The predicted octanol–water partition coefficient (Wildman–Crippen LogP) is 2.62. The maximum Gasteiger partial charge on any atom is 0.251 e. The number of pyridine rings is 1. The van der Waals surface area contributed by atoms with Crippen molar-refractivity contribution in [3.05, 3.63) is 53.9 Å². The normalized spacial score (nSPS) is 17.2. The van der Waals surface area contributed by atoms with E-state index in [1.165, 1.54) is 23.2 Å². The third kappa shape index (κ3) is 4.94. The maximum absolute atomic E-state index is 13.0. The molecule has 0 spiro atoms. The molecule has 1 aromatic carbocycles. The molecule has 1 aliphatic heterocycles. The van der Waals surface area contributed by atoms with Crippen LogP contribution in [0.5, 0.6) is 0 Å². The van der Waals surface area contributed by atoms with E-state index in [1.54, 1.807) is 18.3 Å². The molecule has 1 saturated carbocycles. The van der Waals surface area contributed by atoms with Crippen molar-refractivity contribution in [1.82, 2.24) is 14.6 Å². The van der Waals surface area contributed by atoms with Crippen LogP contribution < -0.4 is 10.6 Å². The van der Waals surface area contributed by atoms with Gasteiger partial charge in [0.05, 0.1) is 17.1 Å². The number of carbonyl (C=O) groups is 1. The molecule has 0 unspecified atom stereocenters. The second-order valence-corrected chi connectivity index (χ2v) is 9.62. The van der Waals surface area contributed by atoms with Gasteiger partial charge in [-0.2, -0.15) is 4.31 Å². The van der Waals surface area contributed by atoms with Gasteiger partial charge in [-0.15, -0.1) is 0 Å². The first-order chi connectivity index (χ1) is 14.0. The molecule has 8 heteroatoms. The van der Waals surface area contributed by atoms with Gasteiger partial charge in [0.15, 0.2) is 0 Å². The fourth-order valence-corrected chi connectivity index (χ4v) is 5.01. The number of benzene rings is 1. The van der Waals surface area contributed by atoms with Crippen molar-refractivity contribution in [3.8, 4) is 0 Å². The number of nitrogens with zero attached hydrogens (tertiary/aromatic N) is 2. The molecule has 0 bridgehead atoms. The summed E-state index contributed by atoms with van der Waals surface area (Å²) in [6, 6.07) is 10.3. The van der Waals surface area contributed by atoms with Crippen molar-refractivity contribution in [2.24, 2.45) is 5.92 Å². The van der Waals surface area contributed by atoms with Gasteiger partial charge in [0.25, 0.3) is 5.91 Å². The molecule has 2 aliphatic rings. The first-order valence-corrected chi connectivity index (χ1v) is 11.5. The largest absolute Gasteiger partial charge is 0.385 e. The van der Waals surface area contributed by atoms with Crippen molar-refractivity contribution >= 4 is 21.6 Å². The van der Waals surface area contributed by atoms with Crippen molar-refractivity contribution in [2.45, 2.75) is 37.1 Å². The van der Waals surface area contributed by atoms with Crippen LogP contribution in [-0.4, -0.2) is 43.2 Å². The lowest BCUT2D eigenvalue weighted by molar-refractivity contribution is 0.0950. The van der Waals surface area contributed by atoms with Crippen LogP contribution in [0, 0.1) is 5.92 Å². The van der Waals surface area contributed by atoms with Crippen LogP contribution in [0.25, 0.3) is 0 Å². The number of sulfonamides is 1. The molecule has 7 nitrogen and oxygen atoms in total. The molecule has 154 valence electrons. The summed E-state index contributed by atoms with van der Waals surface area (Å²) in [4.78, 5) is 17.1. The van der Waals surface area contributed by atoms with E-state index in [9.17, 15) is 13.2 Å². The summed E-state index contributed by atoms with van der Waals surface area (Å²) in [5.41, 5.74) is 1.74. The molecule has 2 aromatic rings. The van der Waals surface area contributed by atoms with Gasteiger partial charge in [0.2, 0.25) is 10.0 Å². The summed E-state index contributed by atoms with van der Waals surface area (Å²) in [6.45, 7) is 2.14. The Balaban J connectivity index is 1.57. The van der Waals surface area contributed by atoms with Crippen molar-refractivity contribution in [1.29, 1.82) is 0 Å². The van der Waals surface area contributed by atoms with Gasteiger partial charge in [0.1, 0.15) is 0 Å². The summed E-state index contributed by atoms with van der Waals surface area (Å²) < 4.78 is 27.6. The highest BCUT2D eigenvalue weighted by Crippen LogP contribution is 2.30. The first-order valence-electron chi connectivity index (χ1n) is 10.1. The molecule has 1 aliphatic carbocycles. The summed E-state index contributed by atoms with van der Waals surface area (Å²) in [5.74, 6) is 0.318. The second kappa shape index (κ2) is 8.51. The highest BCUT2D eigenvalue weighted by atomic mass is 32.2. The molecule has 0 atom stereocenters. The van der Waals surface area contributed by atoms with E-state index >= 15 is 0 Å². The Morgan fingerprint density at radius 1 is 1.14 bits per heavy atom. The minimum Gasteiger partial charge on any atom is -0.385 e. The number of anilines is 1. The zero-order valence-electron chi connectivity index (χ0n) is 16.3. The standard InChI is InChI=1S/C21H26N4O3S/c26-21(24-15-18-5-1-2-8-22-18)17-11-19(23-14-16-6-7-16)13-20(12-17)29(27,28)25-9-3-4-10-25/h1-2,5,8,11-13,16,23H,3-4,6-7,9-10,14-15H2,(H,24,26). The van der Waals surface area contributed by atoms with Crippen LogP contribution in [0.3, 0.4) is 0 Å². The molecule has 1 aromatic heterocycles. The number of amides is 1. The lowest BCUT2D eigenvalue weighted by atomic mass is 10.1. The monoisotopic (exact) mass is 414 g/mol. The lowest BCUT2D eigenvalue weighted by Crippen LogP contribution is -2.29. The topological polar surface area (TPSA) is 91.4 Å². The fourth-order valence-electron chi connectivity index (χ4n) is 3.42. The van der Waals surface area contributed by atoms with E-state index < -0.39 is 10.0 Å². The Labute approximate surface area is 171 Å². The summed E-state index contributed by atoms with van der Waals surface area (Å²) in [5, 5.41) is 6.13. The molecule has 4 rings (SSSR count). The van der Waals surface area contributed by atoms with Gasteiger partial charge in [0, 0.05) is 37.1 Å². The van der Waals surface area contributed by atoms with Crippen LogP contribution in [0.2, 0.25) is 0 Å². The predicted molar refractivity (Wildman–Crippen MR) is 111 cm³/mol. The zero-order valence-corrected chi connectivity index (χ0v) is 17.1. The Morgan fingerprint density at radius 3 is 2.62 bits per heavy atom. The van der Waals surface area contributed by atoms with Gasteiger partial charge < -0.3 is 10.6 Å². The van der Waals surface area contributed by atoms with Crippen molar-refractivity contribution in [2.75, 3.05) is 25.0 Å². The molecule has 0 radical (unpaired) electrons. The Morgan fingerprint density at radius 2 is 1.93 bits per heavy atom. The number of hydrogen-bond acceptors (Lipinski definition) is 5. The lowest BCUT2D eigenvalue weighted by Gasteiger charge is -2.18. The van der Waals surface area contributed by atoms with Crippen LogP contribution in [0.15, 0.2) is 47.5 Å². The Hall–Kier alpha value is -2.45. The van der Waals surface area contributed by atoms with Gasteiger partial charge in [-0.1, -0.05) is 6.07 Å². The van der Waals surface area contributed by atoms with Crippen molar-refractivity contribution < 1.29 is 13.2 Å². The molecule has 2 heterocycles. The highest BCUT2D eigenvalue weighted by Gasteiger charge is 2.28. The summed E-state index contributed by atoms with van der Waals surface area (Å²) >= 11 is 0. The second-order valence-electron chi connectivity index (χ2n) is 7.69.